The highest BCUT2D eigenvalue weighted by Gasteiger charge is 2.20. The molecule has 0 aliphatic carbocycles. The van der Waals surface area contributed by atoms with Crippen molar-refractivity contribution in [3.05, 3.63) is 34.9 Å². The lowest BCUT2D eigenvalue weighted by atomic mass is 9.97. The van der Waals surface area contributed by atoms with Gasteiger partial charge in [0.05, 0.1) is 7.11 Å². The number of hydrogen-bond donors (Lipinski definition) is 1. The zero-order valence-corrected chi connectivity index (χ0v) is 12.3. The molecule has 20 heavy (non-hydrogen) atoms. The van der Waals surface area contributed by atoms with Crippen LogP contribution in [-0.2, 0) is 0 Å². The molecule has 0 saturated heterocycles. The number of methoxy groups -OCH3 is 1. The molecule has 1 aromatic heterocycles. The molecule has 5 heteroatoms. The molecule has 5 nitrogen and oxygen atoms in total. The largest absolute Gasteiger partial charge is 0.496 e. The summed E-state index contributed by atoms with van der Waals surface area (Å²) >= 11 is 0. The molecule has 0 spiro atoms. The Balaban J connectivity index is 2.72. The normalized spacial score (nSPS) is 10.4. The standard InChI is InChI=1S/C15H18N2O3/c1-8-11(15(18)16-4)6-7-12(19-5)13(8)14-9(2)20-10(3)17-14/h6-7H,1-5H3,(H,16,18). The molecule has 2 rings (SSSR count). The smallest absolute Gasteiger partial charge is 0.251 e. The molecule has 2 aromatic rings. The summed E-state index contributed by atoms with van der Waals surface area (Å²) in [7, 11) is 3.21. The highest BCUT2D eigenvalue weighted by atomic mass is 16.5. The Bertz CT molecular complexity index is 659. The number of nitrogens with one attached hydrogen (secondary N) is 1. The number of aromatic nitrogens is 1. The average molecular weight is 274 g/mol. The lowest BCUT2D eigenvalue weighted by Crippen LogP contribution is -2.19. The molecule has 1 amide bonds. The summed E-state index contributed by atoms with van der Waals surface area (Å²) in [5.74, 6) is 1.83. The van der Waals surface area contributed by atoms with Crippen LogP contribution in [0.25, 0.3) is 11.3 Å². The van der Waals surface area contributed by atoms with Crippen molar-refractivity contribution in [3.8, 4) is 17.0 Å². The summed E-state index contributed by atoms with van der Waals surface area (Å²) in [6, 6.07) is 3.52. The fourth-order valence-corrected chi connectivity index (χ4v) is 2.29. The van der Waals surface area contributed by atoms with Gasteiger partial charge in [-0.1, -0.05) is 0 Å². The zero-order valence-electron chi connectivity index (χ0n) is 12.3. The predicted molar refractivity (Wildman–Crippen MR) is 76.1 cm³/mol. The SMILES string of the molecule is CNC(=O)c1ccc(OC)c(-c2nc(C)oc2C)c1C. The van der Waals surface area contributed by atoms with Gasteiger partial charge in [-0.15, -0.1) is 0 Å². The highest BCUT2D eigenvalue weighted by molar-refractivity contribution is 5.98. The van der Waals surface area contributed by atoms with Crippen LogP contribution in [0.1, 0.15) is 27.6 Å². The van der Waals surface area contributed by atoms with E-state index in [1.165, 1.54) is 0 Å². The molecule has 0 radical (unpaired) electrons. The summed E-state index contributed by atoms with van der Waals surface area (Å²) < 4.78 is 10.9. The van der Waals surface area contributed by atoms with E-state index in [-0.39, 0.29) is 5.91 Å². The van der Waals surface area contributed by atoms with Crippen LogP contribution in [0.15, 0.2) is 16.5 Å². The highest BCUT2D eigenvalue weighted by Crippen LogP contribution is 2.36. The van der Waals surface area contributed by atoms with Gasteiger partial charge in [0, 0.05) is 25.1 Å². The van der Waals surface area contributed by atoms with Gasteiger partial charge < -0.3 is 14.5 Å². The third-order valence-electron chi connectivity index (χ3n) is 3.26. The van der Waals surface area contributed by atoms with E-state index in [4.69, 9.17) is 9.15 Å². The van der Waals surface area contributed by atoms with Crippen molar-refractivity contribution in [2.45, 2.75) is 20.8 Å². The van der Waals surface area contributed by atoms with E-state index in [0.717, 1.165) is 11.1 Å². The summed E-state index contributed by atoms with van der Waals surface area (Å²) in [5.41, 5.74) is 2.93. The number of hydrogen-bond acceptors (Lipinski definition) is 4. The van der Waals surface area contributed by atoms with Crippen LogP contribution in [0.4, 0.5) is 0 Å². The predicted octanol–water partition coefficient (Wildman–Crippen LogP) is 2.64. The molecule has 0 aliphatic rings. The molecular formula is C15H18N2O3. The number of aryl methyl sites for hydroxylation is 2. The van der Waals surface area contributed by atoms with Crippen molar-refractivity contribution in [2.24, 2.45) is 0 Å². The zero-order chi connectivity index (χ0) is 14.9. The van der Waals surface area contributed by atoms with Gasteiger partial charge in [0.15, 0.2) is 5.89 Å². The molecule has 1 N–H and O–H groups in total. The minimum absolute atomic E-state index is 0.135. The van der Waals surface area contributed by atoms with E-state index in [2.05, 4.69) is 10.3 Å². The van der Waals surface area contributed by atoms with Crippen LogP contribution in [0, 0.1) is 20.8 Å². The summed E-state index contributed by atoms with van der Waals surface area (Å²) in [4.78, 5) is 16.3. The maximum absolute atomic E-state index is 11.9. The van der Waals surface area contributed by atoms with Gasteiger partial charge in [0.25, 0.3) is 5.91 Å². The van der Waals surface area contributed by atoms with E-state index in [1.54, 1.807) is 33.2 Å². The van der Waals surface area contributed by atoms with Crippen molar-refractivity contribution < 1.29 is 13.9 Å². The van der Waals surface area contributed by atoms with E-state index in [0.29, 0.717) is 28.7 Å². The van der Waals surface area contributed by atoms with Gasteiger partial charge in [-0.25, -0.2) is 4.98 Å². The third kappa shape index (κ3) is 2.27. The average Bonchev–Trinajstić information content (AvgIpc) is 2.76. The fraction of sp³-hybridized carbons (Fsp3) is 0.333. The maximum atomic E-state index is 11.9. The minimum atomic E-state index is -0.135. The summed E-state index contributed by atoms with van der Waals surface area (Å²) in [5, 5.41) is 2.63. The number of oxazole rings is 1. The van der Waals surface area contributed by atoms with Crippen molar-refractivity contribution in [2.75, 3.05) is 14.2 Å². The number of amides is 1. The molecule has 1 heterocycles. The number of benzene rings is 1. The van der Waals surface area contributed by atoms with E-state index in [1.807, 2.05) is 13.8 Å². The molecular weight excluding hydrogens is 256 g/mol. The lowest BCUT2D eigenvalue weighted by molar-refractivity contribution is 0.0962. The van der Waals surface area contributed by atoms with E-state index in [9.17, 15) is 4.79 Å². The first-order valence-corrected chi connectivity index (χ1v) is 6.33. The Morgan fingerprint density at radius 1 is 1.30 bits per heavy atom. The first-order valence-electron chi connectivity index (χ1n) is 6.33. The molecule has 0 fully saturated rings. The van der Waals surface area contributed by atoms with Gasteiger partial charge in [0.1, 0.15) is 17.2 Å². The molecule has 0 aliphatic heterocycles. The lowest BCUT2D eigenvalue weighted by Gasteiger charge is -2.13. The Labute approximate surface area is 118 Å². The van der Waals surface area contributed by atoms with Gasteiger partial charge in [-0.3, -0.25) is 4.79 Å². The van der Waals surface area contributed by atoms with Crippen LogP contribution >= 0.6 is 0 Å². The van der Waals surface area contributed by atoms with Gasteiger partial charge >= 0.3 is 0 Å². The Kier molecular flexibility index (Phi) is 3.79. The van der Waals surface area contributed by atoms with E-state index < -0.39 is 0 Å². The molecule has 0 unspecified atom stereocenters. The van der Waals surface area contributed by atoms with E-state index >= 15 is 0 Å². The van der Waals surface area contributed by atoms with Crippen molar-refractivity contribution in [1.29, 1.82) is 0 Å². The van der Waals surface area contributed by atoms with Crippen LogP contribution < -0.4 is 10.1 Å². The quantitative estimate of drug-likeness (QED) is 0.934. The van der Waals surface area contributed by atoms with Gasteiger partial charge in [-0.05, 0) is 31.5 Å². The first kappa shape index (κ1) is 14.1. The van der Waals surface area contributed by atoms with Gasteiger partial charge in [-0.2, -0.15) is 0 Å². The molecule has 0 bridgehead atoms. The number of ether oxygens (including phenoxy) is 1. The third-order valence-corrected chi connectivity index (χ3v) is 3.26. The Morgan fingerprint density at radius 3 is 2.50 bits per heavy atom. The molecule has 0 saturated carbocycles. The van der Waals surface area contributed by atoms with Gasteiger partial charge in [0.2, 0.25) is 0 Å². The fourth-order valence-electron chi connectivity index (χ4n) is 2.29. The second kappa shape index (κ2) is 5.36. The van der Waals surface area contributed by atoms with Crippen molar-refractivity contribution in [1.82, 2.24) is 10.3 Å². The van der Waals surface area contributed by atoms with Crippen LogP contribution in [0.2, 0.25) is 0 Å². The Morgan fingerprint density at radius 2 is 2.00 bits per heavy atom. The number of carbonyl (C=O) groups excluding carboxylic acids is 1. The van der Waals surface area contributed by atoms with Crippen LogP contribution in [-0.4, -0.2) is 25.0 Å². The minimum Gasteiger partial charge on any atom is -0.496 e. The second-order valence-corrected chi connectivity index (χ2v) is 4.53. The van der Waals surface area contributed by atoms with Crippen LogP contribution in [0.5, 0.6) is 5.75 Å². The summed E-state index contributed by atoms with van der Waals surface area (Å²) in [6.07, 6.45) is 0. The van der Waals surface area contributed by atoms with Crippen molar-refractivity contribution >= 4 is 5.91 Å². The molecule has 106 valence electrons. The maximum Gasteiger partial charge on any atom is 0.251 e. The molecule has 0 atom stereocenters. The first-order chi connectivity index (χ1) is 9.49. The monoisotopic (exact) mass is 274 g/mol. The Hall–Kier alpha value is -2.30. The number of carbonyl (C=O) groups is 1. The topological polar surface area (TPSA) is 64.4 Å². The number of nitrogens with zero attached hydrogens (tertiary/aromatic N) is 1. The van der Waals surface area contributed by atoms with Crippen molar-refractivity contribution in [3.63, 3.8) is 0 Å². The number of rotatable bonds is 3. The second-order valence-electron chi connectivity index (χ2n) is 4.53. The summed E-state index contributed by atoms with van der Waals surface area (Å²) in [6.45, 7) is 5.52. The molecule has 1 aromatic carbocycles. The van der Waals surface area contributed by atoms with Crippen LogP contribution in [0.3, 0.4) is 0 Å².